The van der Waals surface area contributed by atoms with Crippen LogP contribution in [-0.4, -0.2) is 38.2 Å². The number of nitrogens with zero attached hydrogens (tertiary/aromatic N) is 5. The van der Waals surface area contributed by atoms with Gasteiger partial charge >= 0.3 is 0 Å². The number of rotatable bonds is 6. The molecule has 3 heterocycles. The highest BCUT2D eigenvalue weighted by Gasteiger charge is 2.40. The Balaban J connectivity index is 1.35. The van der Waals surface area contributed by atoms with Crippen molar-refractivity contribution in [2.24, 2.45) is 0 Å². The number of ether oxygens (including phenoxy) is 2. The van der Waals surface area contributed by atoms with E-state index in [0.29, 0.717) is 17.8 Å². The molecule has 4 aromatic rings. The molecule has 8 nitrogen and oxygen atoms in total. The minimum Gasteiger partial charge on any atom is -0.350 e. The van der Waals surface area contributed by atoms with Gasteiger partial charge in [0.1, 0.15) is 6.33 Å². The molecular formula is C31H33N5O3. The number of aromatic nitrogens is 4. The van der Waals surface area contributed by atoms with Crippen molar-refractivity contribution in [2.75, 3.05) is 13.2 Å². The van der Waals surface area contributed by atoms with Gasteiger partial charge in [-0.25, -0.2) is 4.52 Å². The highest BCUT2D eigenvalue weighted by molar-refractivity contribution is 5.70. The van der Waals surface area contributed by atoms with Crippen molar-refractivity contribution < 1.29 is 9.47 Å². The summed E-state index contributed by atoms with van der Waals surface area (Å²) in [4.78, 5) is 18.7. The Bertz CT molecular complexity index is 1560. The molecule has 2 aromatic heterocycles. The summed E-state index contributed by atoms with van der Waals surface area (Å²) in [5.41, 5.74) is 5.29. The lowest BCUT2D eigenvalue weighted by Crippen LogP contribution is -2.45. The van der Waals surface area contributed by atoms with Gasteiger partial charge in [0.25, 0.3) is 5.56 Å². The summed E-state index contributed by atoms with van der Waals surface area (Å²) in [5, 5.41) is 14.1. The lowest BCUT2D eigenvalue weighted by Gasteiger charge is -2.42. The molecule has 2 aliphatic rings. The van der Waals surface area contributed by atoms with Crippen molar-refractivity contribution in [3.63, 3.8) is 0 Å². The molecule has 2 aromatic carbocycles. The first-order valence-electron chi connectivity index (χ1n) is 13.9. The lowest BCUT2D eigenvalue weighted by atomic mass is 9.89. The third-order valence-corrected chi connectivity index (χ3v) is 8.11. The quantitative estimate of drug-likeness (QED) is 0.344. The Morgan fingerprint density at radius 1 is 1.08 bits per heavy atom. The van der Waals surface area contributed by atoms with Crippen molar-refractivity contribution in [2.45, 2.75) is 70.1 Å². The molecule has 200 valence electrons. The molecule has 1 aliphatic carbocycles. The average Bonchev–Trinajstić information content (AvgIpc) is 3.46. The molecule has 1 spiro atoms. The van der Waals surface area contributed by atoms with Crippen molar-refractivity contribution in [3.8, 4) is 17.2 Å². The molecule has 2 fully saturated rings. The second-order valence-electron chi connectivity index (χ2n) is 10.5. The number of fused-ring (bicyclic) bond motifs is 1. The summed E-state index contributed by atoms with van der Waals surface area (Å²) < 4.78 is 15.8. The normalized spacial score (nSPS) is 17.4. The van der Waals surface area contributed by atoms with Crippen LogP contribution in [0.25, 0.3) is 16.9 Å². The zero-order valence-electron chi connectivity index (χ0n) is 22.3. The minimum atomic E-state index is -0.501. The zero-order chi connectivity index (χ0) is 26.8. The molecule has 6 rings (SSSR count). The molecule has 1 aliphatic heterocycles. The van der Waals surface area contributed by atoms with E-state index in [9.17, 15) is 10.1 Å². The van der Waals surface area contributed by atoms with E-state index >= 15 is 0 Å². The average molecular weight is 524 g/mol. The molecule has 39 heavy (non-hydrogen) atoms. The van der Waals surface area contributed by atoms with E-state index < -0.39 is 5.79 Å². The molecule has 0 radical (unpaired) electrons. The third kappa shape index (κ3) is 4.77. The van der Waals surface area contributed by atoms with Crippen LogP contribution in [0.3, 0.4) is 0 Å². The minimum absolute atomic E-state index is 0.0169. The topological polar surface area (TPSA) is 94.4 Å². The summed E-state index contributed by atoms with van der Waals surface area (Å²) in [6, 6.07) is 18.1. The number of aryl methyl sites for hydroxylation is 1. The fraction of sp³-hybridized carbons (Fsp3) is 0.419. The molecule has 0 N–H and O–H groups in total. The van der Waals surface area contributed by atoms with E-state index in [0.717, 1.165) is 86.1 Å². The van der Waals surface area contributed by atoms with Gasteiger partial charge in [-0.2, -0.15) is 15.3 Å². The second-order valence-corrected chi connectivity index (χ2v) is 10.5. The molecule has 1 saturated carbocycles. The van der Waals surface area contributed by atoms with E-state index in [1.165, 1.54) is 0 Å². The van der Waals surface area contributed by atoms with Crippen LogP contribution < -0.4 is 5.56 Å². The van der Waals surface area contributed by atoms with Gasteiger partial charge in [0.15, 0.2) is 5.79 Å². The van der Waals surface area contributed by atoms with Crippen molar-refractivity contribution in [3.05, 3.63) is 87.6 Å². The molecule has 0 amide bonds. The van der Waals surface area contributed by atoms with Crippen LogP contribution in [-0.2, 0) is 22.3 Å². The molecular weight excluding hydrogens is 490 g/mol. The predicted octanol–water partition coefficient (Wildman–Crippen LogP) is 5.22. The van der Waals surface area contributed by atoms with Crippen LogP contribution >= 0.6 is 0 Å². The largest absolute Gasteiger partial charge is 0.350 e. The molecule has 0 bridgehead atoms. The highest BCUT2D eigenvalue weighted by atomic mass is 16.7. The highest BCUT2D eigenvalue weighted by Crippen LogP contribution is 2.40. The molecule has 8 heteroatoms. The number of hydrogen-bond donors (Lipinski definition) is 0. The maximum absolute atomic E-state index is 14.2. The summed E-state index contributed by atoms with van der Waals surface area (Å²) in [5.74, 6) is 0.112. The van der Waals surface area contributed by atoms with Crippen LogP contribution in [0.15, 0.2) is 59.7 Å². The molecule has 0 unspecified atom stereocenters. The number of nitriles is 1. The fourth-order valence-electron chi connectivity index (χ4n) is 6.12. The van der Waals surface area contributed by atoms with Gasteiger partial charge in [-0.1, -0.05) is 55.8 Å². The van der Waals surface area contributed by atoms with E-state index in [4.69, 9.17) is 9.47 Å². The van der Waals surface area contributed by atoms with E-state index in [1.807, 2.05) is 45.5 Å². The van der Waals surface area contributed by atoms with Crippen LogP contribution in [0.1, 0.15) is 73.9 Å². The maximum atomic E-state index is 14.2. The van der Waals surface area contributed by atoms with Gasteiger partial charge in [-0.3, -0.25) is 9.36 Å². The van der Waals surface area contributed by atoms with Gasteiger partial charge in [0, 0.05) is 30.9 Å². The van der Waals surface area contributed by atoms with Gasteiger partial charge in [0.05, 0.1) is 30.5 Å². The molecule has 1 saturated heterocycles. The lowest BCUT2D eigenvalue weighted by molar-refractivity contribution is -0.282. The zero-order valence-corrected chi connectivity index (χ0v) is 22.3. The monoisotopic (exact) mass is 523 g/mol. The Hall–Kier alpha value is -3.80. The van der Waals surface area contributed by atoms with E-state index in [-0.39, 0.29) is 11.6 Å². The Morgan fingerprint density at radius 3 is 2.54 bits per heavy atom. The number of benzene rings is 2. The Kier molecular flexibility index (Phi) is 7.03. The smallest absolute Gasteiger partial charge is 0.259 e. The SMILES string of the molecule is CCCc1c(Cc2ccc(-c3ccccc3C#N)cc2)c(=O)n(C2CCC3(CC2)OCCCO3)c2ncnn12. The van der Waals surface area contributed by atoms with Crippen molar-refractivity contribution in [1.82, 2.24) is 19.2 Å². The number of hydrogen-bond acceptors (Lipinski definition) is 6. The standard InChI is InChI=1S/C31H33N5O3/c1-2-6-28-27(19-22-9-11-23(12-10-22)26-8-4-3-7-24(26)20-32)29(37)35(30-33-21-34-36(28)30)25-13-15-31(16-14-25)38-17-5-18-39-31/h3-4,7-12,21,25H,2,5-6,13-19H2,1H3. The van der Waals surface area contributed by atoms with Gasteiger partial charge in [-0.15, -0.1) is 0 Å². The van der Waals surface area contributed by atoms with Gasteiger partial charge < -0.3 is 9.47 Å². The summed E-state index contributed by atoms with van der Waals surface area (Å²) >= 11 is 0. The maximum Gasteiger partial charge on any atom is 0.259 e. The van der Waals surface area contributed by atoms with Crippen LogP contribution in [0.4, 0.5) is 0 Å². The predicted molar refractivity (Wildman–Crippen MR) is 147 cm³/mol. The van der Waals surface area contributed by atoms with E-state index in [1.54, 1.807) is 6.33 Å². The third-order valence-electron chi connectivity index (χ3n) is 8.11. The van der Waals surface area contributed by atoms with Crippen LogP contribution in [0.2, 0.25) is 0 Å². The Morgan fingerprint density at radius 2 is 1.82 bits per heavy atom. The van der Waals surface area contributed by atoms with Crippen LogP contribution in [0, 0.1) is 11.3 Å². The first-order chi connectivity index (χ1) is 19.1. The first-order valence-corrected chi connectivity index (χ1v) is 13.9. The first kappa shape index (κ1) is 25.5. The summed E-state index contributed by atoms with van der Waals surface area (Å²) in [7, 11) is 0. The second kappa shape index (κ2) is 10.8. The van der Waals surface area contributed by atoms with Gasteiger partial charge in [0.2, 0.25) is 5.78 Å². The van der Waals surface area contributed by atoms with Gasteiger partial charge in [-0.05, 0) is 48.4 Å². The summed E-state index contributed by atoms with van der Waals surface area (Å²) in [6.45, 7) is 3.58. The van der Waals surface area contributed by atoms with E-state index in [2.05, 4.69) is 35.2 Å². The van der Waals surface area contributed by atoms with Crippen molar-refractivity contribution in [1.29, 1.82) is 5.26 Å². The summed E-state index contributed by atoms with van der Waals surface area (Å²) in [6.07, 6.45) is 7.75. The fourth-order valence-corrected chi connectivity index (χ4v) is 6.12. The van der Waals surface area contributed by atoms with Crippen molar-refractivity contribution >= 4 is 5.78 Å². The van der Waals surface area contributed by atoms with Crippen LogP contribution in [0.5, 0.6) is 0 Å². The molecule has 0 atom stereocenters. The Labute approximate surface area is 227 Å².